The van der Waals surface area contributed by atoms with Gasteiger partial charge in [0, 0.05) is 29.0 Å². The first-order valence-corrected chi connectivity index (χ1v) is 11.7. The number of rotatable bonds is 10. The van der Waals surface area contributed by atoms with Crippen molar-refractivity contribution < 1.29 is 9.59 Å². The summed E-state index contributed by atoms with van der Waals surface area (Å²) in [6, 6.07) is -0.323. The van der Waals surface area contributed by atoms with Crippen LogP contribution in [0, 0.1) is 11.8 Å². The molecular formula is C20H36IN3O2. The van der Waals surface area contributed by atoms with Gasteiger partial charge in [0.15, 0.2) is 0 Å². The minimum Gasteiger partial charge on any atom is -0.354 e. The lowest BCUT2D eigenvalue weighted by Gasteiger charge is -2.35. The number of likely N-dealkylation sites (tertiary alicyclic amines) is 1. The highest BCUT2D eigenvalue weighted by Crippen LogP contribution is 2.37. The van der Waals surface area contributed by atoms with Gasteiger partial charge in [-0.3, -0.25) is 9.59 Å². The Morgan fingerprint density at radius 2 is 2.00 bits per heavy atom. The van der Waals surface area contributed by atoms with Gasteiger partial charge < -0.3 is 16.0 Å². The van der Waals surface area contributed by atoms with Crippen molar-refractivity contribution in [2.24, 2.45) is 17.6 Å². The SMILES string of the molecule is CCCCC1CC(C(=O)NCC2CCCN2C(=O)[C@H](N)C(I)CCC)C1. The van der Waals surface area contributed by atoms with Gasteiger partial charge in [-0.2, -0.15) is 0 Å². The minimum atomic E-state index is -0.433. The summed E-state index contributed by atoms with van der Waals surface area (Å²) in [5.74, 6) is 1.16. The van der Waals surface area contributed by atoms with Crippen LogP contribution in [0.3, 0.4) is 0 Å². The summed E-state index contributed by atoms with van der Waals surface area (Å²) >= 11 is 2.30. The number of amides is 2. The molecule has 2 fully saturated rings. The van der Waals surface area contributed by atoms with Crippen molar-refractivity contribution in [3.8, 4) is 0 Å². The number of nitrogens with two attached hydrogens (primary N) is 1. The molecule has 0 aromatic carbocycles. The predicted octanol–water partition coefficient (Wildman–Crippen LogP) is 3.24. The van der Waals surface area contributed by atoms with Gasteiger partial charge in [-0.25, -0.2) is 0 Å². The third-order valence-electron chi connectivity index (χ3n) is 5.98. The van der Waals surface area contributed by atoms with E-state index in [0.717, 1.165) is 51.0 Å². The second-order valence-corrected chi connectivity index (χ2v) is 9.68. The molecule has 26 heavy (non-hydrogen) atoms. The molecule has 6 heteroatoms. The maximum absolute atomic E-state index is 12.7. The first-order chi connectivity index (χ1) is 12.5. The minimum absolute atomic E-state index is 0.0536. The van der Waals surface area contributed by atoms with Crippen molar-refractivity contribution in [3.05, 3.63) is 0 Å². The zero-order chi connectivity index (χ0) is 19.1. The Kier molecular flexibility index (Phi) is 9.14. The number of carbonyl (C=O) groups is 2. The van der Waals surface area contributed by atoms with Crippen LogP contribution < -0.4 is 11.1 Å². The van der Waals surface area contributed by atoms with Gasteiger partial charge in [0.2, 0.25) is 11.8 Å². The lowest BCUT2D eigenvalue weighted by atomic mass is 9.72. The molecule has 2 unspecified atom stereocenters. The Hall–Kier alpha value is -0.370. The van der Waals surface area contributed by atoms with Crippen LogP contribution in [0.5, 0.6) is 0 Å². The van der Waals surface area contributed by atoms with Gasteiger partial charge in [0.05, 0.1) is 6.04 Å². The maximum Gasteiger partial charge on any atom is 0.240 e. The summed E-state index contributed by atoms with van der Waals surface area (Å²) < 4.78 is 0.177. The molecular weight excluding hydrogens is 441 g/mol. The summed E-state index contributed by atoms with van der Waals surface area (Å²) in [5, 5.41) is 3.11. The number of unbranched alkanes of at least 4 members (excludes halogenated alkanes) is 1. The van der Waals surface area contributed by atoms with Crippen molar-refractivity contribution in [1.29, 1.82) is 0 Å². The van der Waals surface area contributed by atoms with E-state index in [-0.39, 0.29) is 27.7 Å². The predicted molar refractivity (Wildman–Crippen MR) is 114 cm³/mol. The van der Waals surface area contributed by atoms with E-state index in [1.807, 2.05) is 4.90 Å². The van der Waals surface area contributed by atoms with Gasteiger partial charge in [0.25, 0.3) is 0 Å². The van der Waals surface area contributed by atoms with Crippen LogP contribution in [0.1, 0.15) is 71.6 Å². The van der Waals surface area contributed by atoms with Crippen LogP contribution in [0.4, 0.5) is 0 Å². The van der Waals surface area contributed by atoms with Crippen LogP contribution in [0.15, 0.2) is 0 Å². The zero-order valence-corrected chi connectivity index (χ0v) is 18.5. The molecule has 2 aliphatic rings. The fourth-order valence-electron chi connectivity index (χ4n) is 4.18. The molecule has 1 aliphatic heterocycles. The molecule has 3 N–H and O–H groups in total. The number of hydrogen-bond acceptors (Lipinski definition) is 3. The lowest BCUT2D eigenvalue weighted by molar-refractivity contribution is -0.134. The smallest absolute Gasteiger partial charge is 0.240 e. The topological polar surface area (TPSA) is 75.4 Å². The summed E-state index contributed by atoms with van der Waals surface area (Å²) in [4.78, 5) is 27.0. The average molecular weight is 477 g/mol. The normalized spacial score (nSPS) is 27.7. The average Bonchev–Trinajstić information content (AvgIpc) is 3.06. The van der Waals surface area contributed by atoms with Crippen LogP contribution in [0.25, 0.3) is 0 Å². The van der Waals surface area contributed by atoms with Crippen LogP contribution in [0.2, 0.25) is 0 Å². The third-order valence-corrected chi connectivity index (χ3v) is 7.38. The number of nitrogens with one attached hydrogen (secondary N) is 1. The van der Waals surface area contributed by atoms with E-state index in [9.17, 15) is 9.59 Å². The van der Waals surface area contributed by atoms with Crippen LogP contribution in [-0.2, 0) is 9.59 Å². The Balaban J connectivity index is 1.75. The number of carbonyl (C=O) groups excluding carboxylic acids is 2. The quantitative estimate of drug-likeness (QED) is 0.375. The van der Waals surface area contributed by atoms with Gasteiger partial charge in [-0.05, 0) is 38.0 Å². The standard InChI is InChI=1S/C20H36IN3O2/c1-3-5-8-14-11-15(12-14)19(25)23-13-16-9-6-10-24(16)20(26)18(22)17(21)7-4-2/h14-18H,3-13,22H2,1-2H3,(H,23,25)/t14?,15?,16?,17?,18-/m1/s1. The molecule has 0 aromatic rings. The van der Waals surface area contributed by atoms with Crippen molar-refractivity contribution in [3.63, 3.8) is 0 Å². The van der Waals surface area contributed by atoms with Crippen molar-refractivity contribution >= 4 is 34.4 Å². The first kappa shape index (κ1) is 21.9. The van der Waals surface area contributed by atoms with E-state index in [2.05, 4.69) is 41.8 Å². The van der Waals surface area contributed by atoms with Crippen LogP contribution in [-0.4, -0.2) is 45.8 Å². The monoisotopic (exact) mass is 477 g/mol. The van der Waals surface area contributed by atoms with Gasteiger partial charge >= 0.3 is 0 Å². The summed E-state index contributed by atoms with van der Waals surface area (Å²) in [6.45, 7) is 5.68. The largest absolute Gasteiger partial charge is 0.354 e. The number of hydrogen-bond donors (Lipinski definition) is 2. The highest BCUT2D eigenvalue weighted by Gasteiger charge is 2.36. The molecule has 1 saturated carbocycles. The second kappa shape index (κ2) is 10.8. The Morgan fingerprint density at radius 1 is 1.27 bits per heavy atom. The molecule has 3 atom stereocenters. The van der Waals surface area contributed by atoms with Gasteiger partial charge in [-0.1, -0.05) is 62.1 Å². The number of nitrogens with zero attached hydrogens (tertiary/aromatic N) is 1. The van der Waals surface area contributed by atoms with Crippen LogP contribution >= 0.6 is 22.6 Å². The summed E-state index contributed by atoms with van der Waals surface area (Å²) in [6.07, 6.45) is 9.81. The lowest BCUT2D eigenvalue weighted by Crippen LogP contribution is -2.52. The molecule has 0 radical (unpaired) electrons. The van der Waals surface area contributed by atoms with E-state index >= 15 is 0 Å². The number of alkyl halides is 1. The van der Waals surface area contributed by atoms with E-state index in [1.54, 1.807) is 0 Å². The Morgan fingerprint density at radius 3 is 2.65 bits per heavy atom. The van der Waals surface area contributed by atoms with E-state index in [4.69, 9.17) is 5.73 Å². The fraction of sp³-hybridized carbons (Fsp3) is 0.900. The van der Waals surface area contributed by atoms with Gasteiger partial charge in [0.1, 0.15) is 0 Å². The van der Waals surface area contributed by atoms with E-state index in [0.29, 0.717) is 6.54 Å². The molecule has 150 valence electrons. The van der Waals surface area contributed by atoms with E-state index < -0.39 is 6.04 Å². The molecule has 1 aliphatic carbocycles. The zero-order valence-electron chi connectivity index (χ0n) is 16.4. The maximum atomic E-state index is 12.7. The number of halogens is 1. The molecule has 2 amide bonds. The first-order valence-electron chi connectivity index (χ1n) is 10.5. The molecule has 1 saturated heterocycles. The summed E-state index contributed by atoms with van der Waals surface area (Å²) in [7, 11) is 0. The third kappa shape index (κ3) is 5.81. The molecule has 0 bridgehead atoms. The van der Waals surface area contributed by atoms with Crippen molar-refractivity contribution in [1.82, 2.24) is 10.2 Å². The Bertz CT molecular complexity index is 468. The molecule has 0 spiro atoms. The van der Waals surface area contributed by atoms with Crippen molar-refractivity contribution in [2.45, 2.75) is 87.6 Å². The van der Waals surface area contributed by atoms with Gasteiger partial charge in [-0.15, -0.1) is 0 Å². The van der Waals surface area contributed by atoms with E-state index in [1.165, 1.54) is 19.3 Å². The molecule has 2 rings (SSSR count). The highest BCUT2D eigenvalue weighted by atomic mass is 127. The summed E-state index contributed by atoms with van der Waals surface area (Å²) in [5.41, 5.74) is 6.19. The molecule has 5 nitrogen and oxygen atoms in total. The molecule has 0 aromatic heterocycles. The fourth-order valence-corrected chi connectivity index (χ4v) is 5.11. The second-order valence-electron chi connectivity index (χ2n) is 8.08. The highest BCUT2D eigenvalue weighted by molar-refractivity contribution is 14.1. The van der Waals surface area contributed by atoms with Crippen molar-refractivity contribution in [2.75, 3.05) is 13.1 Å². The Labute approximate surface area is 172 Å². The molecule has 1 heterocycles.